The maximum absolute atomic E-state index is 11.0. The van der Waals surface area contributed by atoms with E-state index in [2.05, 4.69) is 18.7 Å². The van der Waals surface area contributed by atoms with Crippen LogP contribution in [-0.4, -0.2) is 42.2 Å². The van der Waals surface area contributed by atoms with Crippen molar-refractivity contribution < 1.29 is 14.6 Å². The number of para-hydroxylation sites is 1. The van der Waals surface area contributed by atoms with Crippen LogP contribution in [-0.2, 0) is 0 Å². The molecule has 1 N–H and O–H groups in total. The summed E-state index contributed by atoms with van der Waals surface area (Å²) < 4.78 is 5.54. The normalized spacial score (nSPS) is 12.4. The van der Waals surface area contributed by atoms with Crippen LogP contribution in [0.15, 0.2) is 24.3 Å². The quantitative estimate of drug-likeness (QED) is 0.809. The molecule has 1 aromatic carbocycles. The highest BCUT2D eigenvalue weighted by Crippen LogP contribution is 2.17. The molecule has 0 spiro atoms. The lowest BCUT2D eigenvalue weighted by Crippen LogP contribution is -2.32. The fraction of sp³-hybridized carbons (Fsp3) is 0.500. The zero-order valence-electron chi connectivity index (χ0n) is 11.2. The van der Waals surface area contributed by atoms with Gasteiger partial charge in [0, 0.05) is 12.6 Å². The molecule has 1 rings (SSSR count). The fourth-order valence-corrected chi connectivity index (χ4v) is 1.60. The molecule has 0 radical (unpaired) electrons. The van der Waals surface area contributed by atoms with E-state index in [0.717, 1.165) is 13.0 Å². The number of benzene rings is 1. The lowest BCUT2D eigenvalue weighted by Gasteiger charge is -2.23. The van der Waals surface area contributed by atoms with Crippen LogP contribution >= 0.6 is 0 Å². The van der Waals surface area contributed by atoms with Gasteiger partial charge < -0.3 is 14.7 Å². The molecular formula is C14H21NO3. The van der Waals surface area contributed by atoms with Gasteiger partial charge in [-0.1, -0.05) is 19.1 Å². The molecule has 18 heavy (non-hydrogen) atoms. The van der Waals surface area contributed by atoms with Crippen molar-refractivity contribution in [1.29, 1.82) is 0 Å². The number of carbonyl (C=O) groups is 1. The second-order valence-corrected chi connectivity index (χ2v) is 4.39. The van der Waals surface area contributed by atoms with Crippen molar-refractivity contribution in [3.8, 4) is 5.75 Å². The smallest absolute Gasteiger partial charge is 0.339 e. The van der Waals surface area contributed by atoms with Crippen LogP contribution in [0.25, 0.3) is 0 Å². The predicted molar refractivity (Wildman–Crippen MR) is 71.3 cm³/mol. The highest BCUT2D eigenvalue weighted by atomic mass is 16.5. The van der Waals surface area contributed by atoms with Crippen molar-refractivity contribution in [1.82, 2.24) is 4.90 Å². The summed E-state index contributed by atoms with van der Waals surface area (Å²) in [6.45, 7) is 5.57. The number of aromatic carboxylic acids is 1. The summed E-state index contributed by atoms with van der Waals surface area (Å²) in [6.07, 6.45) is 1.09. The summed E-state index contributed by atoms with van der Waals surface area (Å²) >= 11 is 0. The van der Waals surface area contributed by atoms with Gasteiger partial charge in [-0.15, -0.1) is 0 Å². The Bertz CT molecular complexity index is 392. The summed E-state index contributed by atoms with van der Waals surface area (Å²) in [6, 6.07) is 7.22. The number of ether oxygens (including phenoxy) is 1. The Kier molecular flexibility index (Phi) is 5.65. The van der Waals surface area contributed by atoms with Gasteiger partial charge in [0.25, 0.3) is 0 Å². The van der Waals surface area contributed by atoms with Crippen LogP contribution in [0.3, 0.4) is 0 Å². The standard InChI is InChI=1S/C14H21NO3/c1-4-11(2)15(3)9-10-18-13-8-6-5-7-12(13)14(16)17/h5-8,11H,4,9-10H2,1-3H3,(H,16,17). The van der Waals surface area contributed by atoms with Gasteiger partial charge in [0.15, 0.2) is 0 Å². The summed E-state index contributed by atoms with van der Waals surface area (Å²) in [5.74, 6) is -0.525. The van der Waals surface area contributed by atoms with E-state index in [1.165, 1.54) is 0 Å². The number of rotatable bonds is 7. The van der Waals surface area contributed by atoms with Crippen molar-refractivity contribution in [2.24, 2.45) is 0 Å². The second-order valence-electron chi connectivity index (χ2n) is 4.39. The largest absolute Gasteiger partial charge is 0.491 e. The Labute approximate surface area is 108 Å². The molecule has 0 aromatic heterocycles. The first-order valence-corrected chi connectivity index (χ1v) is 6.21. The summed E-state index contributed by atoms with van der Waals surface area (Å²) in [5, 5.41) is 9.01. The van der Waals surface area contributed by atoms with Crippen molar-refractivity contribution in [3.63, 3.8) is 0 Å². The number of nitrogens with zero attached hydrogens (tertiary/aromatic N) is 1. The van der Waals surface area contributed by atoms with Crippen LogP contribution in [0.4, 0.5) is 0 Å². The number of carboxylic acids is 1. The summed E-state index contributed by atoms with van der Waals surface area (Å²) in [7, 11) is 2.04. The SMILES string of the molecule is CCC(C)N(C)CCOc1ccccc1C(=O)O. The van der Waals surface area contributed by atoms with Crippen molar-refractivity contribution >= 4 is 5.97 Å². The van der Waals surface area contributed by atoms with Crippen LogP contribution in [0.2, 0.25) is 0 Å². The minimum absolute atomic E-state index is 0.212. The Morgan fingerprint density at radius 2 is 2.11 bits per heavy atom. The molecule has 0 bridgehead atoms. The van der Waals surface area contributed by atoms with Gasteiger partial charge in [-0.05, 0) is 32.5 Å². The van der Waals surface area contributed by atoms with Crippen molar-refractivity contribution in [2.75, 3.05) is 20.2 Å². The van der Waals surface area contributed by atoms with Gasteiger partial charge in [-0.2, -0.15) is 0 Å². The van der Waals surface area contributed by atoms with Crippen LogP contribution < -0.4 is 4.74 Å². The van der Waals surface area contributed by atoms with Crippen molar-refractivity contribution in [2.45, 2.75) is 26.3 Å². The van der Waals surface area contributed by atoms with Gasteiger partial charge in [0.2, 0.25) is 0 Å². The molecule has 100 valence electrons. The monoisotopic (exact) mass is 251 g/mol. The minimum Gasteiger partial charge on any atom is -0.491 e. The van der Waals surface area contributed by atoms with E-state index in [0.29, 0.717) is 18.4 Å². The van der Waals surface area contributed by atoms with Gasteiger partial charge in [0.1, 0.15) is 17.9 Å². The molecule has 0 amide bonds. The van der Waals surface area contributed by atoms with Gasteiger partial charge in [-0.3, -0.25) is 0 Å². The zero-order chi connectivity index (χ0) is 13.5. The van der Waals surface area contributed by atoms with Crippen LogP contribution in [0, 0.1) is 0 Å². The van der Waals surface area contributed by atoms with Gasteiger partial charge in [-0.25, -0.2) is 4.79 Å². The molecule has 1 aromatic rings. The highest BCUT2D eigenvalue weighted by Gasteiger charge is 2.11. The van der Waals surface area contributed by atoms with E-state index in [9.17, 15) is 4.79 Å². The first kappa shape index (κ1) is 14.5. The first-order chi connectivity index (χ1) is 8.56. The minimum atomic E-state index is -0.958. The number of likely N-dealkylation sites (N-methyl/N-ethyl adjacent to an activating group) is 1. The molecule has 0 aliphatic carbocycles. The Balaban J connectivity index is 2.51. The average Bonchev–Trinajstić information content (AvgIpc) is 2.38. The van der Waals surface area contributed by atoms with Crippen LogP contribution in [0.5, 0.6) is 5.75 Å². The van der Waals surface area contributed by atoms with E-state index in [-0.39, 0.29) is 5.56 Å². The Morgan fingerprint density at radius 3 is 2.72 bits per heavy atom. The molecule has 1 atom stereocenters. The van der Waals surface area contributed by atoms with E-state index < -0.39 is 5.97 Å². The average molecular weight is 251 g/mol. The van der Waals surface area contributed by atoms with Crippen LogP contribution in [0.1, 0.15) is 30.6 Å². The summed E-state index contributed by atoms with van der Waals surface area (Å²) in [5.41, 5.74) is 0.212. The maximum Gasteiger partial charge on any atom is 0.339 e. The number of carboxylic acid groups (broad SMARTS) is 1. The topological polar surface area (TPSA) is 49.8 Å². The highest BCUT2D eigenvalue weighted by molar-refractivity contribution is 5.90. The Hall–Kier alpha value is -1.55. The molecular weight excluding hydrogens is 230 g/mol. The van der Waals surface area contributed by atoms with Crippen molar-refractivity contribution in [3.05, 3.63) is 29.8 Å². The molecule has 4 heteroatoms. The lowest BCUT2D eigenvalue weighted by atomic mass is 10.2. The second kappa shape index (κ2) is 7.01. The van der Waals surface area contributed by atoms with Gasteiger partial charge in [0.05, 0.1) is 0 Å². The first-order valence-electron chi connectivity index (χ1n) is 6.21. The molecule has 0 fully saturated rings. The maximum atomic E-state index is 11.0. The molecule has 4 nitrogen and oxygen atoms in total. The molecule has 0 saturated carbocycles. The fourth-order valence-electron chi connectivity index (χ4n) is 1.60. The molecule has 0 heterocycles. The Morgan fingerprint density at radius 1 is 1.44 bits per heavy atom. The molecule has 0 saturated heterocycles. The van der Waals surface area contributed by atoms with E-state index in [1.54, 1.807) is 24.3 Å². The third-order valence-electron chi connectivity index (χ3n) is 3.16. The lowest BCUT2D eigenvalue weighted by molar-refractivity contribution is 0.0691. The predicted octanol–water partition coefficient (Wildman–Crippen LogP) is 2.49. The van der Waals surface area contributed by atoms with E-state index in [1.807, 2.05) is 7.05 Å². The number of hydrogen-bond donors (Lipinski definition) is 1. The molecule has 0 aliphatic heterocycles. The van der Waals surface area contributed by atoms with E-state index in [4.69, 9.17) is 9.84 Å². The van der Waals surface area contributed by atoms with Gasteiger partial charge >= 0.3 is 5.97 Å². The van der Waals surface area contributed by atoms with E-state index >= 15 is 0 Å². The zero-order valence-corrected chi connectivity index (χ0v) is 11.2. The summed E-state index contributed by atoms with van der Waals surface area (Å²) in [4.78, 5) is 13.2. The third kappa shape index (κ3) is 4.04. The number of hydrogen-bond acceptors (Lipinski definition) is 3. The molecule has 0 aliphatic rings. The molecule has 1 unspecified atom stereocenters. The third-order valence-corrected chi connectivity index (χ3v) is 3.16.